The molecule has 0 aliphatic carbocycles. The molecule has 0 fully saturated rings. The van der Waals surface area contributed by atoms with Crippen LogP contribution in [0.5, 0.6) is 0 Å². The average molecular weight is 415 g/mol. The minimum absolute atomic E-state index is 0.0575. The standard InChI is InChI=1S/C21H22N2O3S2/c1-3-15-4-6-16(7-5-15)14(2)22-19(24)11-26-20(25)10-18-13-28-21(23-18)17-8-9-27-12-17/h4-9,12-14H,3,10-11H2,1-2H3,(H,22,24). The van der Waals surface area contributed by atoms with Gasteiger partial charge >= 0.3 is 5.97 Å². The van der Waals surface area contributed by atoms with Gasteiger partial charge in [0.25, 0.3) is 5.91 Å². The molecule has 2 aromatic heterocycles. The average Bonchev–Trinajstić information content (AvgIpc) is 3.38. The summed E-state index contributed by atoms with van der Waals surface area (Å²) in [6.07, 6.45) is 1.03. The molecule has 1 aromatic carbocycles. The fourth-order valence-electron chi connectivity index (χ4n) is 2.66. The quantitative estimate of drug-likeness (QED) is 0.555. The summed E-state index contributed by atoms with van der Waals surface area (Å²) in [6, 6.07) is 9.95. The Kier molecular flexibility index (Phi) is 6.95. The zero-order chi connectivity index (χ0) is 19.9. The van der Waals surface area contributed by atoms with Crippen LogP contribution in [0.2, 0.25) is 0 Å². The highest BCUT2D eigenvalue weighted by molar-refractivity contribution is 7.14. The van der Waals surface area contributed by atoms with Crippen molar-refractivity contribution in [2.45, 2.75) is 32.7 Å². The summed E-state index contributed by atoms with van der Waals surface area (Å²) in [7, 11) is 0. The maximum Gasteiger partial charge on any atom is 0.312 e. The van der Waals surface area contributed by atoms with Gasteiger partial charge in [0.05, 0.1) is 18.2 Å². The Bertz CT molecular complexity index is 918. The summed E-state index contributed by atoms with van der Waals surface area (Å²) in [4.78, 5) is 28.5. The summed E-state index contributed by atoms with van der Waals surface area (Å²) < 4.78 is 5.10. The molecule has 0 spiro atoms. The van der Waals surface area contributed by atoms with E-state index in [9.17, 15) is 9.59 Å². The number of nitrogens with one attached hydrogen (secondary N) is 1. The van der Waals surface area contributed by atoms with Gasteiger partial charge in [-0.05, 0) is 35.9 Å². The van der Waals surface area contributed by atoms with E-state index in [1.165, 1.54) is 16.9 Å². The number of carbonyl (C=O) groups is 2. The number of thiazole rings is 1. The van der Waals surface area contributed by atoms with Crippen LogP contribution in [-0.4, -0.2) is 23.5 Å². The lowest BCUT2D eigenvalue weighted by Gasteiger charge is -2.14. The lowest BCUT2D eigenvalue weighted by atomic mass is 10.1. The van der Waals surface area contributed by atoms with E-state index in [-0.39, 0.29) is 25.0 Å². The van der Waals surface area contributed by atoms with Crippen LogP contribution < -0.4 is 5.32 Å². The van der Waals surface area contributed by atoms with Crippen molar-refractivity contribution >= 4 is 34.6 Å². The van der Waals surface area contributed by atoms with E-state index < -0.39 is 5.97 Å². The minimum atomic E-state index is -0.461. The zero-order valence-corrected chi connectivity index (χ0v) is 17.4. The second kappa shape index (κ2) is 9.61. The molecule has 0 aliphatic heterocycles. The lowest BCUT2D eigenvalue weighted by molar-refractivity contribution is -0.148. The predicted molar refractivity (Wildman–Crippen MR) is 112 cm³/mol. The second-order valence-corrected chi connectivity index (χ2v) is 8.02. The molecule has 0 saturated carbocycles. The summed E-state index contributed by atoms with van der Waals surface area (Å²) in [5.41, 5.74) is 3.97. The van der Waals surface area contributed by atoms with Crippen molar-refractivity contribution in [3.05, 3.63) is 63.3 Å². The van der Waals surface area contributed by atoms with E-state index in [0.29, 0.717) is 5.69 Å². The third-order valence-electron chi connectivity index (χ3n) is 4.28. The summed E-state index contributed by atoms with van der Waals surface area (Å²) in [6.45, 7) is 3.71. The van der Waals surface area contributed by atoms with E-state index in [0.717, 1.165) is 22.6 Å². The number of ether oxygens (including phenoxy) is 1. The van der Waals surface area contributed by atoms with E-state index >= 15 is 0 Å². The first-order valence-corrected chi connectivity index (χ1v) is 10.9. The number of benzene rings is 1. The minimum Gasteiger partial charge on any atom is -0.455 e. The lowest BCUT2D eigenvalue weighted by Crippen LogP contribution is -2.31. The molecule has 5 nitrogen and oxygen atoms in total. The van der Waals surface area contributed by atoms with E-state index in [1.54, 1.807) is 11.3 Å². The molecule has 1 atom stereocenters. The van der Waals surface area contributed by atoms with Crippen LogP contribution in [0.15, 0.2) is 46.5 Å². The van der Waals surface area contributed by atoms with Crippen molar-refractivity contribution in [3.63, 3.8) is 0 Å². The monoisotopic (exact) mass is 414 g/mol. The molecule has 0 radical (unpaired) electrons. The van der Waals surface area contributed by atoms with Crippen molar-refractivity contribution in [3.8, 4) is 10.6 Å². The fraction of sp³-hybridized carbons (Fsp3) is 0.286. The van der Waals surface area contributed by atoms with Gasteiger partial charge in [-0.2, -0.15) is 11.3 Å². The highest BCUT2D eigenvalue weighted by Gasteiger charge is 2.14. The molecular formula is C21H22N2O3S2. The third-order valence-corrected chi connectivity index (χ3v) is 5.90. The van der Waals surface area contributed by atoms with Gasteiger partial charge in [0, 0.05) is 16.3 Å². The first-order chi connectivity index (χ1) is 13.5. The number of amides is 1. The molecular weight excluding hydrogens is 392 g/mol. The van der Waals surface area contributed by atoms with Crippen LogP contribution in [-0.2, 0) is 27.2 Å². The van der Waals surface area contributed by atoms with Gasteiger partial charge in [-0.1, -0.05) is 31.2 Å². The van der Waals surface area contributed by atoms with Gasteiger partial charge in [-0.25, -0.2) is 4.98 Å². The molecule has 0 saturated heterocycles. The first-order valence-electron chi connectivity index (χ1n) is 9.06. The van der Waals surface area contributed by atoms with Crippen LogP contribution >= 0.6 is 22.7 Å². The molecule has 2 heterocycles. The number of carbonyl (C=O) groups excluding carboxylic acids is 2. The number of hydrogen-bond acceptors (Lipinski definition) is 6. The van der Waals surface area contributed by atoms with Crippen LogP contribution in [0.3, 0.4) is 0 Å². The number of nitrogens with zero attached hydrogens (tertiary/aromatic N) is 1. The van der Waals surface area contributed by atoms with Crippen LogP contribution in [0.4, 0.5) is 0 Å². The highest BCUT2D eigenvalue weighted by atomic mass is 32.1. The summed E-state index contributed by atoms with van der Waals surface area (Å²) >= 11 is 3.10. The van der Waals surface area contributed by atoms with Gasteiger partial charge < -0.3 is 10.1 Å². The van der Waals surface area contributed by atoms with Crippen molar-refractivity contribution in [2.75, 3.05) is 6.61 Å². The molecule has 7 heteroatoms. The van der Waals surface area contributed by atoms with Crippen LogP contribution in [0.25, 0.3) is 10.6 Å². The Labute approximate surface area is 172 Å². The number of esters is 1. The van der Waals surface area contributed by atoms with Gasteiger partial charge in [0.15, 0.2) is 6.61 Å². The Hall–Kier alpha value is -2.51. The van der Waals surface area contributed by atoms with Crippen molar-refractivity contribution in [2.24, 2.45) is 0 Å². The Morgan fingerprint density at radius 1 is 1.18 bits per heavy atom. The zero-order valence-electron chi connectivity index (χ0n) is 15.8. The molecule has 28 heavy (non-hydrogen) atoms. The first kappa shape index (κ1) is 20.2. The molecule has 3 aromatic rings. The summed E-state index contributed by atoms with van der Waals surface area (Å²) in [5, 5.41) is 9.57. The number of aromatic nitrogens is 1. The predicted octanol–water partition coefficient (Wildman–Crippen LogP) is 4.40. The molecule has 1 unspecified atom stereocenters. The molecule has 146 valence electrons. The number of hydrogen-bond donors (Lipinski definition) is 1. The third kappa shape index (κ3) is 5.50. The van der Waals surface area contributed by atoms with Crippen LogP contribution in [0.1, 0.15) is 36.7 Å². The Morgan fingerprint density at radius 3 is 2.64 bits per heavy atom. The summed E-state index contributed by atoms with van der Waals surface area (Å²) in [5.74, 6) is -0.782. The van der Waals surface area contributed by atoms with Crippen molar-refractivity contribution < 1.29 is 14.3 Å². The Morgan fingerprint density at radius 2 is 1.96 bits per heavy atom. The fourth-order valence-corrected chi connectivity index (χ4v) is 4.19. The van der Waals surface area contributed by atoms with Gasteiger partial charge in [0.2, 0.25) is 0 Å². The second-order valence-electron chi connectivity index (χ2n) is 6.38. The normalized spacial score (nSPS) is 11.8. The van der Waals surface area contributed by atoms with E-state index in [2.05, 4.69) is 29.4 Å². The van der Waals surface area contributed by atoms with E-state index in [4.69, 9.17) is 4.74 Å². The molecule has 1 amide bonds. The maximum atomic E-state index is 12.1. The topological polar surface area (TPSA) is 68.3 Å². The van der Waals surface area contributed by atoms with Crippen molar-refractivity contribution in [1.29, 1.82) is 0 Å². The van der Waals surface area contributed by atoms with Gasteiger partial charge in [-0.15, -0.1) is 11.3 Å². The highest BCUT2D eigenvalue weighted by Crippen LogP contribution is 2.25. The number of aryl methyl sites for hydroxylation is 1. The SMILES string of the molecule is CCc1ccc(C(C)NC(=O)COC(=O)Cc2csc(-c3ccsc3)n2)cc1. The Balaban J connectivity index is 1.44. The van der Waals surface area contributed by atoms with Gasteiger partial charge in [0.1, 0.15) is 5.01 Å². The largest absolute Gasteiger partial charge is 0.455 e. The molecule has 1 N–H and O–H groups in total. The van der Waals surface area contributed by atoms with Gasteiger partial charge in [-0.3, -0.25) is 9.59 Å². The molecule has 0 aliphatic rings. The number of thiophene rings is 1. The smallest absolute Gasteiger partial charge is 0.312 e. The molecule has 3 rings (SSSR count). The van der Waals surface area contributed by atoms with Crippen molar-refractivity contribution in [1.82, 2.24) is 10.3 Å². The maximum absolute atomic E-state index is 12.1. The molecule has 0 bridgehead atoms. The van der Waals surface area contributed by atoms with Crippen LogP contribution in [0, 0.1) is 0 Å². The van der Waals surface area contributed by atoms with E-state index in [1.807, 2.05) is 41.3 Å². The number of rotatable bonds is 8.